The molecule has 12 heteroatoms. The number of carbonyl (C=O) groups is 2. The lowest BCUT2D eigenvalue weighted by molar-refractivity contribution is -0.113. The maximum absolute atomic E-state index is 13.6. The third kappa shape index (κ3) is 7.17. The van der Waals surface area contributed by atoms with Gasteiger partial charge in [-0.2, -0.15) is 0 Å². The van der Waals surface area contributed by atoms with Crippen LogP contribution in [0.25, 0.3) is 0 Å². The quantitative estimate of drug-likeness (QED) is 0.317. The van der Waals surface area contributed by atoms with Gasteiger partial charge in [0.15, 0.2) is 4.34 Å². The van der Waals surface area contributed by atoms with Crippen LogP contribution in [0.2, 0.25) is 0 Å². The number of thioether (sulfide) groups is 1. The molecule has 3 rings (SSSR count). The lowest BCUT2D eigenvalue weighted by Gasteiger charge is -2.06. The maximum Gasteiger partial charge on any atom is 0.321 e. The van der Waals surface area contributed by atoms with Crippen LogP contribution >= 0.6 is 23.1 Å². The van der Waals surface area contributed by atoms with Crippen molar-refractivity contribution in [2.75, 3.05) is 30.0 Å². The van der Waals surface area contributed by atoms with E-state index in [4.69, 9.17) is 4.74 Å². The van der Waals surface area contributed by atoms with Crippen LogP contribution in [0.3, 0.4) is 0 Å². The van der Waals surface area contributed by atoms with Gasteiger partial charge in [0.1, 0.15) is 17.4 Å². The van der Waals surface area contributed by atoms with Crippen LogP contribution in [-0.4, -0.2) is 41.5 Å². The van der Waals surface area contributed by atoms with Gasteiger partial charge < -0.3 is 15.4 Å². The summed E-state index contributed by atoms with van der Waals surface area (Å²) in [6, 6.07) is 10.0. The largest absolute Gasteiger partial charge is 0.497 e. The predicted octanol–water partition coefficient (Wildman–Crippen LogP) is 3.92. The standard InChI is InChI=1S/C20H19F2N5O3S2/c1-30-14-5-2-12(3-6-14)8-9-23-18(29)25-19-26-27-20(32-19)31-11-17(28)24-16-7-4-13(21)10-15(16)22/h2-7,10H,8-9,11H2,1H3,(H,24,28)(H2,23,25,26,29). The zero-order valence-corrected chi connectivity index (χ0v) is 18.5. The third-order valence-corrected chi connectivity index (χ3v) is 5.99. The fourth-order valence-corrected chi connectivity index (χ4v) is 4.02. The zero-order chi connectivity index (χ0) is 22.9. The van der Waals surface area contributed by atoms with E-state index < -0.39 is 23.6 Å². The molecule has 1 aromatic heterocycles. The average Bonchev–Trinajstić information content (AvgIpc) is 3.22. The summed E-state index contributed by atoms with van der Waals surface area (Å²) in [4.78, 5) is 24.0. The van der Waals surface area contributed by atoms with E-state index in [1.165, 1.54) is 0 Å². The molecule has 0 bridgehead atoms. The van der Waals surface area contributed by atoms with Crippen LogP contribution in [0.15, 0.2) is 46.8 Å². The van der Waals surface area contributed by atoms with Crippen molar-refractivity contribution in [1.82, 2.24) is 15.5 Å². The molecule has 0 aliphatic carbocycles. The summed E-state index contributed by atoms with van der Waals surface area (Å²) in [6.45, 7) is 0.429. The first-order valence-electron chi connectivity index (χ1n) is 9.32. The number of hydrogen-bond acceptors (Lipinski definition) is 7. The number of hydrogen-bond donors (Lipinski definition) is 3. The molecule has 3 aromatic rings. The Kier molecular flexibility index (Phi) is 8.34. The minimum atomic E-state index is -0.858. The van der Waals surface area contributed by atoms with Gasteiger partial charge in [0, 0.05) is 12.6 Å². The Morgan fingerprint density at radius 2 is 1.88 bits per heavy atom. The van der Waals surface area contributed by atoms with E-state index in [0.717, 1.165) is 46.5 Å². The Bertz CT molecular complexity index is 1080. The van der Waals surface area contributed by atoms with Crippen LogP contribution in [0.4, 0.5) is 24.4 Å². The lowest BCUT2D eigenvalue weighted by Crippen LogP contribution is -2.30. The number of urea groups is 1. The Balaban J connectivity index is 1.38. The molecule has 8 nitrogen and oxygen atoms in total. The Hall–Kier alpha value is -3.25. The molecule has 0 aliphatic heterocycles. The van der Waals surface area contributed by atoms with Gasteiger partial charge in [0.05, 0.1) is 18.6 Å². The minimum absolute atomic E-state index is 0.0560. The highest BCUT2D eigenvalue weighted by atomic mass is 32.2. The summed E-state index contributed by atoms with van der Waals surface area (Å²) in [5, 5.41) is 15.7. The van der Waals surface area contributed by atoms with Gasteiger partial charge in [-0.1, -0.05) is 35.2 Å². The van der Waals surface area contributed by atoms with Crippen LogP contribution in [0.5, 0.6) is 5.75 Å². The van der Waals surface area contributed by atoms with E-state index in [1.807, 2.05) is 24.3 Å². The second-order valence-electron chi connectivity index (χ2n) is 6.31. The molecule has 0 radical (unpaired) electrons. The second-order valence-corrected chi connectivity index (χ2v) is 8.51. The van der Waals surface area contributed by atoms with E-state index in [2.05, 4.69) is 26.1 Å². The average molecular weight is 480 g/mol. The maximum atomic E-state index is 13.6. The normalized spacial score (nSPS) is 10.5. The van der Waals surface area contributed by atoms with Gasteiger partial charge >= 0.3 is 6.03 Å². The Morgan fingerprint density at radius 3 is 2.59 bits per heavy atom. The van der Waals surface area contributed by atoms with Gasteiger partial charge in [0.25, 0.3) is 0 Å². The SMILES string of the molecule is COc1ccc(CCNC(=O)Nc2nnc(SCC(=O)Nc3ccc(F)cc3F)s2)cc1. The molecule has 0 fully saturated rings. The summed E-state index contributed by atoms with van der Waals surface area (Å²) in [6.07, 6.45) is 0.651. The molecule has 3 N–H and O–H groups in total. The van der Waals surface area contributed by atoms with E-state index in [-0.39, 0.29) is 16.6 Å². The van der Waals surface area contributed by atoms with Gasteiger partial charge in [-0.05, 0) is 36.2 Å². The molecule has 168 valence electrons. The van der Waals surface area contributed by atoms with Crippen molar-refractivity contribution in [1.29, 1.82) is 0 Å². The highest BCUT2D eigenvalue weighted by Gasteiger charge is 2.12. The van der Waals surface area contributed by atoms with Crippen LogP contribution in [-0.2, 0) is 11.2 Å². The number of anilines is 2. The van der Waals surface area contributed by atoms with Gasteiger partial charge in [-0.3, -0.25) is 10.1 Å². The molecule has 0 aliphatic rings. The first kappa shape index (κ1) is 23.4. The summed E-state index contributed by atoms with van der Waals surface area (Å²) in [5.74, 6) is -1.36. The highest BCUT2D eigenvalue weighted by molar-refractivity contribution is 8.01. The molecule has 1 heterocycles. The van der Waals surface area contributed by atoms with Crippen LogP contribution in [0.1, 0.15) is 5.56 Å². The van der Waals surface area contributed by atoms with Crippen molar-refractivity contribution in [3.05, 3.63) is 59.7 Å². The van der Waals surface area contributed by atoms with E-state index in [0.29, 0.717) is 23.4 Å². The van der Waals surface area contributed by atoms with Crippen LogP contribution < -0.4 is 20.7 Å². The topological polar surface area (TPSA) is 105 Å². The van der Waals surface area contributed by atoms with Gasteiger partial charge in [-0.25, -0.2) is 13.6 Å². The number of nitrogens with one attached hydrogen (secondary N) is 3. The highest BCUT2D eigenvalue weighted by Crippen LogP contribution is 2.25. The van der Waals surface area contributed by atoms with Crippen molar-refractivity contribution in [2.24, 2.45) is 0 Å². The number of carbonyl (C=O) groups excluding carboxylic acids is 2. The fraction of sp³-hybridized carbons (Fsp3) is 0.200. The molecule has 0 saturated carbocycles. The molecule has 3 amide bonds. The van der Waals surface area contributed by atoms with Crippen molar-refractivity contribution in [3.8, 4) is 5.75 Å². The van der Waals surface area contributed by atoms with Gasteiger partial charge in [-0.15, -0.1) is 10.2 Å². The van der Waals surface area contributed by atoms with E-state index >= 15 is 0 Å². The van der Waals surface area contributed by atoms with Crippen molar-refractivity contribution in [3.63, 3.8) is 0 Å². The molecule has 0 atom stereocenters. The molecular weight excluding hydrogens is 460 g/mol. The Morgan fingerprint density at radius 1 is 1.09 bits per heavy atom. The zero-order valence-electron chi connectivity index (χ0n) is 16.9. The minimum Gasteiger partial charge on any atom is -0.497 e. The number of amides is 3. The summed E-state index contributed by atoms with van der Waals surface area (Å²) >= 11 is 2.18. The number of nitrogens with zero attached hydrogens (tertiary/aromatic N) is 2. The molecule has 0 saturated heterocycles. The summed E-state index contributed by atoms with van der Waals surface area (Å²) in [5.41, 5.74) is 0.947. The van der Waals surface area contributed by atoms with Gasteiger partial charge in [0.2, 0.25) is 11.0 Å². The molecule has 32 heavy (non-hydrogen) atoms. The number of aromatic nitrogens is 2. The summed E-state index contributed by atoms with van der Waals surface area (Å²) < 4.78 is 32.0. The first-order valence-corrected chi connectivity index (χ1v) is 11.1. The first-order chi connectivity index (χ1) is 15.4. The van der Waals surface area contributed by atoms with E-state index in [1.54, 1.807) is 7.11 Å². The number of rotatable bonds is 9. The van der Waals surface area contributed by atoms with E-state index in [9.17, 15) is 18.4 Å². The monoisotopic (exact) mass is 479 g/mol. The smallest absolute Gasteiger partial charge is 0.321 e. The second kappa shape index (κ2) is 11.4. The molecule has 0 spiro atoms. The van der Waals surface area contributed by atoms with Crippen molar-refractivity contribution >= 4 is 45.9 Å². The van der Waals surface area contributed by atoms with Crippen LogP contribution in [0, 0.1) is 11.6 Å². The number of ether oxygens (including phenoxy) is 1. The predicted molar refractivity (Wildman–Crippen MR) is 119 cm³/mol. The molecular formula is C20H19F2N5O3S2. The number of methoxy groups -OCH3 is 1. The number of halogens is 2. The third-order valence-electron chi connectivity index (χ3n) is 4.02. The fourth-order valence-electron chi connectivity index (χ4n) is 2.48. The molecule has 2 aromatic carbocycles. The molecule has 0 unspecified atom stereocenters. The number of benzene rings is 2. The summed E-state index contributed by atoms with van der Waals surface area (Å²) in [7, 11) is 1.60. The lowest BCUT2D eigenvalue weighted by atomic mass is 10.1. The van der Waals surface area contributed by atoms with Crippen molar-refractivity contribution < 1.29 is 23.1 Å². The Labute approximate surface area is 190 Å². The van der Waals surface area contributed by atoms with Crippen molar-refractivity contribution in [2.45, 2.75) is 10.8 Å².